The molecule has 0 saturated heterocycles. The van der Waals surface area contributed by atoms with Crippen molar-refractivity contribution >= 4 is 14.0 Å². The summed E-state index contributed by atoms with van der Waals surface area (Å²) in [5, 5.41) is 0. The summed E-state index contributed by atoms with van der Waals surface area (Å²) in [5.41, 5.74) is 5.06. The second-order valence-corrected chi connectivity index (χ2v) is 13.5. The number of hydrogen-bond donors (Lipinski definition) is 0. The molecule has 0 spiro atoms. The van der Waals surface area contributed by atoms with E-state index in [0.717, 1.165) is 0 Å². The minimum atomic E-state index is -1.66. The van der Waals surface area contributed by atoms with Gasteiger partial charge in [0, 0.05) is 0 Å². The Hall–Kier alpha value is -1.01. The second-order valence-electron chi connectivity index (χ2n) is 7.92. The fourth-order valence-corrected chi connectivity index (χ4v) is 8.25. The highest BCUT2D eigenvalue weighted by atomic mass is 28.3. The van der Waals surface area contributed by atoms with Crippen LogP contribution in [0, 0.1) is 16.9 Å². The summed E-state index contributed by atoms with van der Waals surface area (Å²) in [4.78, 5) is 11.6. The molecule has 0 aromatic carbocycles. The maximum atomic E-state index is 11.6. The van der Waals surface area contributed by atoms with Gasteiger partial charge in [0.25, 0.3) is 0 Å². The van der Waals surface area contributed by atoms with Gasteiger partial charge in [-0.15, -0.1) is 5.54 Å². The van der Waals surface area contributed by atoms with Crippen molar-refractivity contribution in [3.63, 3.8) is 0 Å². The summed E-state index contributed by atoms with van der Waals surface area (Å²) in [5.74, 6) is 3.04. The Labute approximate surface area is 138 Å². The third-order valence-electron chi connectivity index (χ3n) is 4.28. The summed E-state index contributed by atoms with van der Waals surface area (Å²) in [6.07, 6.45) is 3.67. The molecule has 0 aliphatic rings. The number of allylic oxidation sites excluding steroid dienone is 1. The zero-order valence-corrected chi connectivity index (χ0v) is 16.9. The topological polar surface area (TPSA) is 26.3 Å². The van der Waals surface area contributed by atoms with Crippen molar-refractivity contribution in [2.24, 2.45) is 5.41 Å². The summed E-state index contributed by atoms with van der Waals surface area (Å²) >= 11 is 0. The van der Waals surface area contributed by atoms with Gasteiger partial charge in [-0.25, -0.2) is 0 Å². The molecule has 0 N–H and O–H groups in total. The average molecular weight is 323 g/mol. The zero-order valence-electron chi connectivity index (χ0n) is 15.9. The molecule has 0 aliphatic heterocycles. The zero-order chi connectivity index (χ0) is 17.6. The molecule has 0 bridgehead atoms. The van der Waals surface area contributed by atoms with E-state index >= 15 is 0 Å². The fraction of sp³-hybridized carbons (Fsp3) is 0.737. The summed E-state index contributed by atoms with van der Waals surface area (Å²) < 4.78 is 5.20. The van der Waals surface area contributed by atoms with Gasteiger partial charge >= 0.3 is 5.97 Å². The summed E-state index contributed by atoms with van der Waals surface area (Å²) in [6, 6.07) is 0. The number of ether oxygens (including phenoxy) is 1. The van der Waals surface area contributed by atoms with Crippen LogP contribution in [0.3, 0.4) is 0 Å². The van der Waals surface area contributed by atoms with E-state index in [0.29, 0.717) is 23.2 Å². The maximum Gasteiger partial charge on any atom is 0.311 e. The van der Waals surface area contributed by atoms with Crippen LogP contribution in [0.4, 0.5) is 0 Å². The van der Waals surface area contributed by atoms with E-state index in [-0.39, 0.29) is 5.97 Å². The number of hydrogen-bond acceptors (Lipinski definition) is 2. The van der Waals surface area contributed by atoms with Crippen molar-refractivity contribution in [3.8, 4) is 11.5 Å². The van der Waals surface area contributed by atoms with Crippen molar-refractivity contribution in [2.75, 3.05) is 6.61 Å². The highest BCUT2D eigenvalue weighted by molar-refractivity contribution is 6.90. The molecule has 0 radical (unpaired) electrons. The molecule has 0 fully saturated rings. The predicted molar refractivity (Wildman–Crippen MR) is 98.4 cm³/mol. The second kappa shape index (κ2) is 8.58. The lowest BCUT2D eigenvalue weighted by Crippen LogP contribution is -2.43. The van der Waals surface area contributed by atoms with E-state index in [1.54, 1.807) is 0 Å². The summed E-state index contributed by atoms with van der Waals surface area (Å²) in [6.45, 7) is 19.7. The lowest BCUT2D eigenvalue weighted by molar-refractivity contribution is -0.151. The first-order valence-electron chi connectivity index (χ1n) is 8.31. The van der Waals surface area contributed by atoms with Crippen molar-refractivity contribution < 1.29 is 9.53 Å². The lowest BCUT2D eigenvalue weighted by Gasteiger charge is -2.37. The molecule has 2 nitrogen and oxygen atoms in total. The van der Waals surface area contributed by atoms with Gasteiger partial charge in [-0.05, 0) is 49.5 Å². The molecule has 0 amide bonds. The van der Waals surface area contributed by atoms with Crippen molar-refractivity contribution in [3.05, 3.63) is 12.2 Å². The van der Waals surface area contributed by atoms with Crippen molar-refractivity contribution in [1.82, 2.24) is 0 Å². The van der Waals surface area contributed by atoms with Gasteiger partial charge in [0.15, 0.2) is 0 Å². The van der Waals surface area contributed by atoms with Crippen molar-refractivity contribution in [2.45, 2.75) is 78.9 Å². The van der Waals surface area contributed by atoms with Crippen LogP contribution in [-0.2, 0) is 9.53 Å². The molecular weight excluding hydrogens is 288 g/mol. The summed E-state index contributed by atoms with van der Waals surface area (Å²) in [7, 11) is -1.66. The number of carbonyl (C=O) groups is 1. The van der Waals surface area contributed by atoms with Crippen LogP contribution >= 0.6 is 0 Å². The SMILES string of the molecule is CC(C)[Si](C#C/C=C/COC(=O)C(C)(C)C)(C(C)C)C(C)C. The first kappa shape index (κ1) is 21.0. The van der Waals surface area contributed by atoms with Gasteiger partial charge in [-0.2, -0.15) is 0 Å². The van der Waals surface area contributed by atoms with E-state index in [1.807, 2.05) is 32.9 Å². The van der Waals surface area contributed by atoms with Crippen LogP contribution in [0.2, 0.25) is 16.6 Å². The molecule has 0 aliphatic carbocycles. The van der Waals surface area contributed by atoms with Gasteiger partial charge in [0.1, 0.15) is 14.7 Å². The van der Waals surface area contributed by atoms with Crippen LogP contribution in [0.1, 0.15) is 62.3 Å². The molecule has 0 aromatic rings. The fourth-order valence-electron chi connectivity index (χ4n) is 3.05. The standard InChI is InChI=1S/C19H34O2Si/c1-15(2)22(16(3)4,17(5)6)14-12-10-11-13-21-18(20)19(7,8)9/h10-11,15-17H,13H2,1-9H3/b11-10+. The maximum absolute atomic E-state index is 11.6. The van der Waals surface area contributed by atoms with E-state index < -0.39 is 13.5 Å². The minimum absolute atomic E-state index is 0.180. The van der Waals surface area contributed by atoms with Crippen LogP contribution in [0.15, 0.2) is 12.2 Å². The smallest absolute Gasteiger partial charge is 0.311 e. The number of carbonyl (C=O) groups excluding carboxylic acids is 1. The van der Waals surface area contributed by atoms with Crippen LogP contribution in [0.5, 0.6) is 0 Å². The van der Waals surface area contributed by atoms with Gasteiger partial charge in [0.05, 0.1) is 5.41 Å². The Balaban J connectivity index is 4.84. The van der Waals surface area contributed by atoms with Gasteiger partial charge in [-0.1, -0.05) is 47.5 Å². The Morgan fingerprint density at radius 2 is 1.50 bits per heavy atom. The Bertz CT molecular complexity index is 421. The first-order chi connectivity index (χ1) is 9.96. The van der Waals surface area contributed by atoms with E-state index in [1.165, 1.54) is 0 Å². The first-order valence-corrected chi connectivity index (χ1v) is 10.5. The lowest BCUT2D eigenvalue weighted by atomic mass is 9.97. The molecule has 22 heavy (non-hydrogen) atoms. The molecule has 126 valence electrons. The largest absolute Gasteiger partial charge is 0.461 e. The third-order valence-corrected chi connectivity index (χ3v) is 10.6. The molecule has 0 heterocycles. The minimum Gasteiger partial charge on any atom is -0.461 e. The molecule has 0 rings (SSSR count). The van der Waals surface area contributed by atoms with Crippen LogP contribution in [0.25, 0.3) is 0 Å². The normalized spacial score (nSPS) is 12.9. The van der Waals surface area contributed by atoms with Gasteiger partial charge in [0.2, 0.25) is 0 Å². The highest BCUT2D eigenvalue weighted by Crippen LogP contribution is 2.40. The highest BCUT2D eigenvalue weighted by Gasteiger charge is 2.41. The quantitative estimate of drug-likeness (QED) is 0.387. The predicted octanol–water partition coefficient (Wildman–Crippen LogP) is 5.35. The monoisotopic (exact) mass is 322 g/mol. The van der Waals surface area contributed by atoms with Crippen molar-refractivity contribution in [1.29, 1.82) is 0 Å². The van der Waals surface area contributed by atoms with Crippen LogP contribution in [-0.4, -0.2) is 20.7 Å². The Kier molecular flexibility index (Phi) is 8.18. The molecule has 3 heteroatoms. The van der Waals surface area contributed by atoms with Gasteiger partial charge < -0.3 is 4.74 Å². The number of rotatable bonds is 5. The third kappa shape index (κ3) is 5.65. The molecule has 0 saturated carbocycles. The molecule has 0 atom stereocenters. The Morgan fingerprint density at radius 3 is 1.86 bits per heavy atom. The van der Waals surface area contributed by atoms with Crippen LogP contribution < -0.4 is 0 Å². The Morgan fingerprint density at radius 1 is 1.05 bits per heavy atom. The van der Waals surface area contributed by atoms with Gasteiger partial charge in [-0.3, -0.25) is 4.79 Å². The molecule has 0 unspecified atom stereocenters. The van der Waals surface area contributed by atoms with E-state index in [4.69, 9.17) is 4.74 Å². The number of esters is 1. The average Bonchev–Trinajstić information content (AvgIpc) is 2.34. The molecule has 0 aromatic heterocycles. The van der Waals surface area contributed by atoms with E-state index in [2.05, 4.69) is 53.0 Å². The molecular formula is C19H34O2Si. The van der Waals surface area contributed by atoms with E-state index in [9.17, 15) is 4.79 Å².